The molecule has 1 heterocycles. The zero-order valence-corrected chi connectivity index (χ0v) is 12.5. The van der Waals surface area contributed by atoms with Crippen LogP contribution in [-0.2, 0) is 4.74 Å². The van der Waals surface area contributed by atoms with E-state index >= 15 is 0 Å². The summed E-state index contributed by atoms with van der Waals surface area (Å²) in [6.45, 7) is 7.62. The second-order valence-electron chi connectivity index (χ2n) is 5.67. The largest absolute Gasteiger partial charge is 0.388 e. The molecule has 1 aliphatic rings. The molecular formula is C17H25NO2. The van der Waals surface area contributed by atoms with Crippen molar-refractivity contribution < 1.29 is 9.84 Å². The Morgan fingerprint density at radius 1 is 1.40 bits per heavy atom. The predicted octanol–water partition coefficient (Wildman–Crippen LogP) is 2.78. The van der Waals surface area contributed by atoms with Gasteiger partial charge in [-0.3, -0.25) is 4.90 Å². The molecular weight excluding hydrogens is 250 g/mol. The molecule has 110 valence electrons. The molecule has 1 N–H and O–H groups in total. The highest BCUT2D eigenvalue weighted by Gasteiger charge is 2.25. The quantitative estimate of drug-likeness (QED) is 0.839. The third-order valence-electron chi connectivity index (χ3n) is 3.76. The second-order valence-corrected chi connectivity index (χ2v) is 5.67. The minimum Gasteiger partial charge on any atom is -0.388 e. The molecule has 0 aromatic heterocycles. The standard InChI is InChI=1S/C17H25NO2/c1-14(2)8-9-18-10-11-20-13-16(18)12-17(19)15-6-4-3-5-7-15/h3-8,16-17,19H,9-13H2,1-2H3. The molecule has 1 fully saturated rings. The summed E-state index contributed by atoms with van der Waals surface area (Å²) < 4.78 is 5.58. The zero-order chi connectivity index (χ0) is 14.4. The smallest absolute Gasteiger partial charge is 0.0805 e. The highest BCUT2D eigenvalue weighted by Crippen LogP contribution is 2.22. The molecule has 3 heteroatoms. The van der Waals surface area contributed by atoms with Gasteiger partial charge in [-0.2, -0.15) is 0 Å². The van der Waals surface area contributed by atoms with Gasteiger partial charge in [0.1, 0.15) is 0 Å². The Hall–Kier alpha value is -1.16. The lowest BCUT2D eigenvalue weighted by atomic mass is 10.0. The molecule has 0 amide bonds. The lowest BCUT2D eigenvalue weighted by molar-refractivity contribution is -0.0209. The molecule has 1 saturated heterocycles. The third-order valence-corrected chi connectivity index (χ3v) is 3.76. The minimum absolute atomic E-state index is 0.287. The van der Waals surface area contributed by atoms with Crippen LogP contribution in [0, 0.1) is 0 Å². The van der Waals surface area contributed by atoms with Gasteiger partial charge in [0.15, 0.2) is 0 Å². The van der Waals surface area contributed by atoms with E-state index in [9.17, 15) is 5.11 Å². The van der Waals surface area contributed by atoms with Crippen LogP contribution in [-0.4, -0.2) is 42.4 Å². The van der Waals surface area contributed by atoms with Crippen LogP contribution >= 0.6 is 0 Å². The minimum atomic E-state index is -0.419. The van der Waals surface area contributed by atoms with E-state index in [4.69, 9.17) is 4.74 Å². The maximum absolute atomic E-state index is 10.4. The number of morpholine rings is 1. The highest BCUT2D eigenvalue weighted by molar-refractivity contribution is 5.17. The van der Waals surface area contributed by atoms with Gasteiger partial charge in [0, 0.05) is 19.1 Å². The first kappa shape index (κ1) is 15.2. The maximum atomic E-state index is 10.4. The van der Waals surface area contributed by atoms with Crippen LogP contribution in [0.25, 0.3) is 0 Å². The highest BCUT2D eigenvalue weighted by atomic mass is 16.5. The lowest BCUT2D eigenvalue weighted by Gasteiger charge is -2.36. The van der Waals surface area contributed by atoms with Crippen molar-refractivity contribution in [3.8, 4) is 0 Å². The van der Waals surface area contributed by atoms with Crippen LogP contribution < -0.4 is 0 Å². The van der Waals surface area contributed by atoms with E-state index in [1.807, 2.05) is 30.3 Å². The Morgan fingerprint density at radius 3 is 2.85 bits per heavy atom. The Kier molecular flexibility index (Phi) is 5.77. The molecule has 0 bridgehead atoms. The molecule has 2 atom stereocenters. The second kappa shape index (κ2) is 7.58. The monoisotopic (exact) mass is 275 g/mol. The van der Waals surface area contributed by atoms with Crippen LogP contribution in [0.2, 0.25) is 0 Å². The number of aliphatic hydroxyl groups excluding tert-OH is 1. The summed E-state index contributed by atoms with van der Waals surface area (Å²) in [4.78, 5) is 2.41. The van der Waals surface area contributed by atoms with Gasteiger partial charge in [-0.1, -0.05) is 42.0 Å². The Labute approximate surface area is 121 Å². The van der Waals surface area contributed by atoms with Gasteiger partial charge in [-0.15, -0.1) is 0 Å². The summed E-state index contributed by atoms with van der Waals surface area (Å²) in [7, 11) is 0. The molecule has 20 heavy (non-hydrogen) atoms. The van der Waals surface area contributed by atoms with Crippen molar-refractivity contribution in [1.82, 2.24) is 4.90 Å². The van der Waals surface area contributed by atoms with Gasteiger partial charge >= 0.3 is 0 Å². The molecule has 0 radical (unpaired) electrons. The van der Waals surface area contributed by atoms with E-state index in [1.54, 1.807) is 0 Å². The number of allylic oxidation sites excluding steroid dienone is 1. The molecule has 0 spiro atoms. The van der Waals surface area contributed by atoms with Crippen LogP contribution in [0.3, 0.4) is 0 Å². The molecule has 1 aromatic carbocycles. The third kappa shape index (κ3) is 4.44. The van der Waals surface area contributed by atoms with Crippen LogP contribution in [0.15, 0.2) is 42.0 Å². The first-order chi connectivity index (χ1) is 9.66. The van der Waals surface area contributed by atoms with E-state index in [0.717, 1.165) is 31.7 Å². The number of hydrogen-bond donors (Lipinski definition) is 1. The fourth-order valence-corrected chi connectivity index (χ4v) is 2.52. The van der Waals surface area contributed by atoms with Crippen LogP contribution in [0.1, 0.15) is 31.9 Å². The Bertz CT molecular complexity index is 426. The van der Waals surface area contributed by atoms with Gasteiger partial charge in [0.2, 0.25) is 0 Å². The summed E-state index contributed by atoms with van der Waals surface area (Å²) in [6, 6.07) is 10.2. The van der Waals surface area contributed by atoms with Gasteiger partial charge in [0.25, 0.3) is 0 Å². The van der Waals surface area contributed by atoms with Crippen molar-refractivity contribution in [3.05, 3.63) is 47.5 Å². The number of hydrogen-bond acceptors (Lipinski definition) is 3. The summed E-state index contributed by atoms with van der Waals surface area (Å²) >= 11 is 0. The molecule has 3 nitrogen and oxygen atoms in total. The van der Waals surface area contributed by atoms with Crippen molar-refractivity contribution >= 4 is 0 Å². The lowest BCUT2D eigenvalue weighted by Crippen LogP contribution is -2.46. The molecule has 0 saturated carbocycles. The number of nitrogens with zero attached hydrogens (tertiary/aromatic N) is 1. The van der Waals surface area contributed by atoms with E-state index in [2.05, 4.69) is 24.8 Å². The number of aliphatic hydroxyl groups is 1. The first-order valence-electron chi connectivity index (χ1n) is 7.35. The van der Waals surface area contributed by atoms with Gasteiger partial charge < -0.3 is 9.84 Å². The van der Waals surface area contributed by atoms with Crippen molar-refractivity contribution in [2.45, 2.75) is 32.4 Å². The van der Waals surface area contributed by atoms with E-state index in [-0.39, 0.29) is 6.04 Å². The van der Waals surface area contributed by atoms with Crippen molar-refractivity contribution in [1.29, 1.82) is 0 Å². The molecule has 1 aliphatic heterocycles. The number of benzene rings is 1. The van der Waals surface area contributed by atoms with Crippen molar-refractivity contribution in [3.63, 3.8) is 0 Å². The Balaban J connectivity index is 1.96. The van der Waals surface area contributed by atoms with Crippen molar-refractivity contribution in [2.24, 2.45) is 0 Å². The SMILES string of the molecule is CC(C)=CCN1CCOCC1CC(O)c1ccccc1. The number of ether oxygens (including phenoxy) is 1. The van der Waals surface area contributed by atoms with Gasteiger partial charge in [0.05, 0.1) is 19.3 Å². The van der Waals surface area contributed by atoms with E-state index in [0.29, 0.717) is 6.61 Å². The Morgan fingerprint density at radius 2 is 2.15 bits per heavy atom. The summed E-state index contributed by atoms with van der Waals surface area (Å²) in [5.74, 6) is 0. The van der Waals surface area contributed by atoms with Crippen LogP contribution in [0.4, 0.5) is 0 Å². The van der Waals surface area contributed by atoms with Gasteiger partial charge in [-0.05, 0) is 25.8 Å². The fraction of sp³-hybridized carbons (Fsp3) is 0.529. The molecule has 2 unspecified atom stereocenters. The van der Waals surface area contributed by atoms with Crippen LogP contribution in [0.5, 0.6) is 0 Å². The van der Waals surface area contributed by atoms with E-state index < -0.39 is 6.10 Å². The summed E-state index contributed by atoms with van der Waals surface area (Å²) in [5, 5.41) is 10.4. The maximum Gasteiger partial charge on any atom is 0.0805 e. The topological polar surface area (TPSA) is 32.7 Å². The molecule has 0 aliphatic carbocycles. The average molecular weight is 275 g/mol. The van der Waals surface area contributed by atoms with Crippen molar-refractivity contribution in [2.75, 3.05) is 26.3 Å². The average Bonchev–Trinajstić information content (AvgIpc) is 2.47. The first-order valence-corrected chi connectivity index (χ1v) is 7.35. The predicted molar refractivity (Wildman–Crippen MR) is 81.6 cm³/mol. The molecule has 2 rings (SSSR count). The molecule has 1 aromatic rings. The van der Waals surface area contributed by atoms with Gasteiger partial charge in [-0.25, -0.2) is 0 Å². The number of rotatable bonds is 5. The normalized spacial score (nSPS) is 21.4. The summed E-state index contributed by atoms with van der Waals surface area (Å²) in [6.07, 6.45) is 2.55. The fourth-order valence-electron chi connectivity index (χ4n) is 2.52. The zero-order valence-electron chi connectivity index (χ0n) is 12.5. The van der Waals surface area contributed by atoms with E-state index in [1.165, 1.54) is 5.57 Å². The summed E-state index contributed by atoms with van der Waals surface area (Å²) in [5.41, 5.74) is 2.32.